The van der Waals surface area contributed by atoms with Gasteiger partial charge in [0.2, 0.25) is 17.7 Å². The third-order valence-electron chi connectivity index (χ3n) is 14.1. The molecule has 0 spiro atoms. The van der Waals surface area contributed by atoms with E-state index in [1.807, 2.05) is 70.5 Å². The first kappa shape index (κ1) is 51.3. The van der Waals surface area contributed by atoms with Gasteiger partial charge in [-0.25, -0.2) is 9.97 Å². The van der Waals surface area contributed by atoms with Crippen LogP contribution in [-0.2, 0) is 14.4 Å². The number of aliphatic hydroxyl groups excluding tert-OH is 1. The number of carbonyl (C=O) groups is 4. The number of likely N-dealkylation sites (tertiary alicyclic amines) is 1. The van der Waals surface area contributed by atoms with Crippen LogP contribution in [0.5, 0.6) is 5.75 Å². The molecule has 15 nitrogen and oxygen atoms in total. The maximum absolute atomic E-state index is 14.2. The molecule has 1 aliphatic carbocycles. The first-order valence-corrected chi connectivity index (χ1v) is 25.0. The van der Waals surface area contributed by atoms with E-state index < -0.39 is 34.4 Å². The van der Waals surface area contributed by atoms with Crippen molar-refractivity contribution in [3.8, 4) is 22.3 Å². The van der Waals surface area contributed by atoms with E-state index in [4.69, 9.17) is 16.3 Å². The topological polar surface area (TPSA) is 193 Å². The maximum atomic E-state index is 14.2. The van der Waals surface area contributed by atoms with Gasteiger partial charge in [0, 0.05) is 74.7 Å². The second kappa shape index (κ2) is 20.8. The molecule has 368 valence electrons. The second-order valence-corrected chi connectivity index (χ2v) is 22.3. The lowest BCUT2D eigenvalue weighted by Crippen LogP contribution is -2.74. The van der Waals surface area contributed by atoms with Crippen molar-refractivity contribution < 1.29 is 29.0 Å². The number of nitriles is 1. The quantitative estimate of drug-likeness (QED) is 0.0967. The summed E-state index contributed by atoms with van der Waals surface area (Å²) in [6.45, 7) is 21.5. The molecule has 1 saturated carbocycles. The number of nitrogens with zero attached hydrogens (tertiary/aromatic N) is 6. The number of hydrogen-bond donors (Lipinski definition) is 4. The summed E-state index contributed by atoms with van der Waals surface area (Å²) >= 11 is 7.84. The average molecular weight is 981 g/mol. The Hall–Kier alpha value is -5.60. The van der Waals surface area contributed by atoms with Crippen LogP contribution in [0.3, 0.4) is 0 Å². The number of aromatic nitrogens is 2. The summed E-state index contributed by atoms with van der Waals surface area (Å²) in [6.07, 6.45) is 1.47. The molecule has 3 aliphatic rings. The fourth-order valence-electron chi connectivity index (χ4n) is 10.4. The van der Waals surface area contributed by atoms with E-state index in [0.717, 1.165) is 53.7 Å². The minimum Gasteiger partial charge on any atom is -0.489 e. The number of nitrogens with one attached hydrogen (secondary N) is 3. The van der Waals surface area contributed by atoms with E-state index in [9.17, 15) is 29.5 Å². The molecule has 2 aromatic carbocycles. The minimum atomic E-state index is -0.898. The highest BCUT2D eigenvalue weighted by Crippen LogP contribution is 2.55. The van der Waals surface area contributed by atoms with E-state index in [1.54, 1.807) is 41.8 Å². The molecular formula is C52H66ClN9O6S. The summed E-state index contributed by atoms with van der Waals surface area (Å²) in [5, 5.41) is 29.5. The fourth-order valence-corrected chi connectivity index (χ4v) is 11.5. The van der Waals surface area contributed by atoms with Crippen LogP contribution in [0, 0.1) is 34.5 Å². The number of amides is 4. The predicted octanol–water partition coefficient (Wildman–Crippen LogP) is 6.92. The first-order valence-electron chi connectivity index (χ1n) is 23.8. The van der Waals surface area contributed by atoms with Crippen molar-refractivity contribution in [1.82, 2.24) is 35.7 Å². The summed E-state index contributed by atoms with van der Waals surface area (Å²) in [5.74, 6) is 0.172. The monoisotopic (exact) mass is 979 g/mol. The first-order chi connectivity index (χ1) is 32.6. The van der Waals surface area contributed by atoms with Gasteiger partial charge in [-0.3, -0.25) is 24.1 Å². The van der Waals surface area contributed by atoms with Crippen LogP contribution in [0.25, 0.3) is 10.4 Å². The van der Waals surface area contributed by atoms with Gasteiger partial charge in [0.25, 0.3) is 5.91 Å². The van der Waals surface area contributed by atoms with Crippen LogP contribution >= 0.6 is 22.9 Å². The van der Waals surface area contributed by atoms with E-state index in [1.165, 1.54) is 4.90 Å². The highest BCUT2D eigenvalue weighted by Gasteiger charge is 2.64. The summed E-state index contributed by atoms with van der Waals surface area (Å²) in [7, 11) is 0. The molecule has 2 aromatic heterocycles. The lowest BCUT2D eigenvalue weighted by molar-refractivity contribution is -0.164. The van der Waals surface area contributed by atoms with Crippen LogP contribution in [0.1, 0.15) is 108 Å². The Balaban J connectivity index is 0.850. The summed E-state index contributed by atoms with van der Waals surface area (Å²) in [5.41, 5.74) is 4.15. The smallest absolute Gasteiger partial charge is 0.253 e. The van der Waals surface area contributed by atoms with Crippen LogP contribution < -0.4 is 25.6 Å². The summed E-state index contributed by atoms with van der Waals surface area (Å²) in [6, 6.07) is 16.5. The number of piperazine rings is 1. The molecule has 69 heavy (non-hydrogen) atoms. The normalized spacial score (nSPS) is 21.9. The van der Waals surface area contributed by atoms with Crippen molar-refractivity contribution >= 4 is 52.4 Å². The molecule has 4 amide bonds. The van der Waals surface area contributed by atoms with Gasteiger partial charge < -0.3 is 35.6 Å². The van der Waals surface area contributed by atoms with Crippen LogP contribution in [0.15, 0.2) is 66.3 Å². The van der Waals surface area contributed by atoms with Gasteiger partial charge >= 0.3 is 0 Å². The molecule has 17 heteroatoms. The van der Waals surface area contributed by atoms with Crippen molar-refractivity contribution in [2.45, 2.75) is 118 Å². The van der Waals surface area contributed by atoms with E-state index in [2.05, 4.69) is 69.5 Å². The standard InChI is InChI=1S/C52H66ClN9O6S/c1-31(33-12-14-34(15-13-33)43-32(2)56-30-69-43)57-46(66)40-25-37(63)29-62(40)47(67)44(50(3,4)5)58-42(64)11-10-20-60-21-23-61(24-22-60)41-19-17-36(28-55-41)45(65)59-48-51(6,7)49(52(48,8)9)68-38-18-16-35(27-54)39(53)26-38/h12-19,26,28,30-31,37,40,44,48-49,63H,10-11,20-25,29H2,1-9H3,(H,57,66)(H,58,64)(H,59,65)/t31?,37-,40+,44?,48-,49-/m1/s1. The van der Waals surface area contributed by atoms with Crippen LogP contribution in [0.2, 0.25) is 5.02 Å². The molecule has 0 bridgehead atoms. The largest absolute Gasteiger partial charge is 0.489 e. The Labute approximate surface area is 415 Å². The van der Waals surface area contributed by atoms with Crippen LogP contribution in [-0.4, -0.2) is 118 Å². The van der Waals surface area contributed by atoms with Gasteiger partial charge in [-0.1, -0.05) is 84.3 Å². The Morgan fingerprint density at radius 1 is 0.986 bits per heavy atom. The van der Waals surface area contributed by atoms with Gasteiger partial charge in [0.1, 0.15) is 35.8 Å². The molecule has 2 aliphatic heterocycles. The Kier molecular flexibility index (Phi) is 15.4. The number of ether oxygens (including phenoxy) is 1. The number of rotatable bonds is 15. The molecule has 2 unspecified atom stereocenters. The summed E-state index contributed by atoms with van der Waals surface area (Å²) < 4.78 is 6.37. The molecule has 0 radical (unpaired) electrons. The molecular weight excluding hydrogens is 914 g/mol. The Bertz CT molecular complexity index is 2530. The fraction of sp³-hybridized carbons (Fsp3) is 0.519. The molecule has 2 saturated heterocycles. The summed E-state index contributed by atoms with van der Waals surface area (Å²) in [4.78, 5) is 70.9. The number of β-amino-alcohol motifs (C(OH)–C–C–N with tert-alkyl or cyclic N) is 1. The molecule has 7 rings (SSSR count). The zero-order valence-electron chi connectivity index (χ0n) is 41.1. The number of carbonyl (C=O) groups excluding carboxylic acids is 4. The number of hydrogen-bond acceptors (Lipinski definition) is 12. The number of benzene rings is 2. The number of aliphatic hydroxyl groups is 1. The zero-order valence-corrected chi connectivity index (χ0v) is 42.7. The van der Waals surface area contributed by atoms with Crippen molar-refractivity contribution in [3.05, 3.63) is 93.7 Å². The zero-order chi connectivity index (χ0) is 50.0. The third-order valence-corrected chi connectivity index (χ3v) is 15.4. The SMILES string of the molecule is Cc1ncsc1-c1ccc(C(C)NC(=O)[C@@H]2C[C@@H](O)CN2C(=O)C(NC(=O)CCCN2CCN(c3ccc(C(=O)N[C@H]4C(C)(C)[C@H](Oc5ccc(C#N)c(Cl)c5)C4(C)C)cn3)CC2)C(C)(C)C)cc1. The van der Waals surface area contributed by atoms with Gasteiger partial charge in [0.15, 0.2) is 0 Å². The third kappa shape index (κ3) is 11.4. The number of aryl methyl sites for hydroxylation is 1. The van der Waals surface area contributed by atoms with Crippen molar-refractivity contribution in [2.75, 3.05) is 44.2 Å². The van der Waals surface area contributed by atoms with Crippen LogP contribution in [0.4, 0.5) is 5.82 Å². The number of pyridine rings is 1. The van der Waals surface area contributed by atoms with Gasteiger partial charge in [-0.15, -0.1) is 11.3 Å². The number of halogens is 1. The Morgan fingerprint density at radius 2 is 1.68 bits per heavy atom. The molecule has 4 heterocycles. The molecule has 4 atom stereocenters. The van der Waals surface area contributed by atoms with Crippen molar-refractivity contribution in [3.63, 3.8) is 0 Å². The van der Waals surface area contributed by atoms with Crippen molar-refractivity contribution in [2.24, 2.45) is 16.2 Å². The van der Waals surface area contributed by atoms with Gasteiger partial charge in [0.05, 0.1) is 44.4 Å². The second-order valence-electron chi connectivity index (χ2n) is 21.0. The van der Waals surface area contributed by atoms with Gasteiger partial charge in [-0.05, 0) is 67.6 Å². The molecule has 4 N–H and O–H groups in total. The lowest BCUT2D eigenvalue weighted by atomic mass is 9.49. The highest BCUT2D eigenvalue weighted by atomic mass is 35.5. The minimum absolute atomic E-state index is 0.00609. The van der Waals surface area contributed by atoms with E-state index in [-0.39, 0.29) is 61.2 Å². The number of anilines is 1. The number of thiazole rings is 1. The lowest BCUT2D eigenvalue weighted by Gasteiger charge is -2.63. The maximum Gasteiger partial charge on any atom is 0.253 e. The Morgan fingerprint density at radius 3 is 2.28 bits per heavy atom. The van der Waals surface area contributed by atoms with E-state index >= 15 is 0 Å². The van der Waals surface area contributed by atoms with Gasteiger partial charge in [-0.2, -0.15) is 5.26 Å². The highest BCUT2D eigenvalue weighted by molar-refractivity contribution is 7.13. The molecule has 3 fully saturated rings. The molecule has 4 aromatic rings. The average Bonchev–Trinajstić information content (AvgIpc) is 3.93. The van der Waals surface area contributed by atoms with Crippen molar-refractivity contribution in [1.29, 1.82) is 5.26 Å². The van der Waals surface area contributed by atoms with E-state index in [0.29, 0.717) is 34.9 Å². The predicted molar refractivity (Wildman–Crippen MR) is 268 cm³/mol.